The highest BCUT2D eigenvalue weighted by atomic mass is 16.5. The van der Waals surface area contributed by atoms with Crippen molar-refractivity contribution in [2.45, 2.75) is 0 Å². The minimum atomic E-state index is -0.332. The van der Waals surface area contributed by atoms with Gasteiger partial charge in [0, 0.05) is 11.4 Å². The zero-order valence-corrected chi connectivity index (χ0v) is 14.1. The van der Waals surface area contributed by atoms with Crippen LogP contribution in [0.15, 0.2) is 48.5 Å². The molecular weight excluding hydrogens is 324 g/mol. The van der Waals surface area contributed by atoms with E-state index in [1.807, 2.05) is 24.3 Å². The van der Waals surface area contributed by atoms with Gasteiger partial charge in [0.1, 0.15) is 24.6 Å². The second-order valence-electron chi connectivity index (χ2n) is 5.01. The Morgan fingerprint density at radius 3 is 1.40 bits per heavy atom. The number of benzene rings is 2. The molecule has 7 nitrogen and oxygen atoms in total. The molecule has 0 aliphatic rings. The van der Waals surface area contributed by atoms with Crippen LogP contribution in [0.5, 0.6) is 11.5 Å². The molecule has 0 saturated heterocycles. The Morgan fingerprint density at radius 2 is 1.08 bits per heavy atom. The highest BCUT2D eigenvalue weighted by molar-refractivity contribution is 5.75. The minimum Gasteiger partial charge on any atom is -0.468 e. The van der Waals surface area contributed by atoms with Crippen molar-refractivity contribution in [2.75, 3.05) is 37.9 Å². The summed E-state index contributed by atoms with van der Waals surface area (Å²) in [6.45, 7) is 0.216. The average molecular weight is 344 g/mol. The Hall–Kier alpha value is -3.22. The van der Waals surface area contributed by atoms with Gasteiger partial charge in [0.2, 0.25) is 0 Å². The number of nitrogens with one attached hydrogen (secondary N) is 2. The number of anilines is 2. The van der Waals surface area contributed by atoms with Crippen LogP contribution in [0.25, 0.3) is 0 Å². The summed E-state index contributed by atoms with van der Waals surface area (Å²) >= 11 is 0. The van der Waals surface area contributed by atoms with Gasteiger partial charge in [-0.15, -0.1) is 0 Å². The largest absolute Gasteiger partial charge is 0.468 e. The number of carbonyl (C=O) groups is 2. The molecule has 0 aliphatic heterocycles. The fourth-order valence-corrected chi connectivity index (χ4v) is 1.91. The van der Waals surface area contributed by atoms with Gasteiger partial charge in [0.05, 0.1) is 14.2 Å². The predicted octanol–water partition coefficient (Wildman–Crippen LogP) is 2.65. The molecule has 0 atom stereocenters. The van der Waals surface area contributed by atoms with Gasteiger partial charge in [-0.05, 0) is 48.5 Å². The summed E-state index contributed by atoms with van der Waals surface area (Å²) in [5.74, 6) is 0.667. The molecule has 0 spiro atoms. The van der Waals surface area contributed by atoms with E-state index >= 15 is 0 Å². The van der Waals surface area contributed by atoms with E-state index in [0.29, 0.717) is 11.5 Å². The average Bonchev–Trinajstić information content (AvgIpc) is 2.66. The predicted molar refractivity (Wildman–Crippen MR) is 94.0 cm³/mol. The van der Waals surface area contributed by atoms with Gasteiger partial charge < -0.3 is 24.8 Å². The molecule has 2 aromatic carbocycles. The Labute approximate surface area is 145 Å². The molecule has 0 amide bonds. The van der Waals surface area contributed by atoms with E-state index in [-0.39, 0.29) is 25.0 Å². The maximum Gasteiger partial charge on any atom is 0.325 e. The first-order valence-electron chi connectivity index (χ1n) is 7.60. The standard InChI is InChI=1S/C18H20N2O5/c1-23-17(21)11-19-13-3-7-15(8-4-13)25-16-9-5-14(6-10-16)20-12-18(22)24-2/h3-10,19-20H,11-12H2,1-2H3. The van der Waals surface area contributed by atoms with Crippen LogP contribution in [0.1, 0.15) is 0 Å². The smallest absolute Gasteiger partial charge is 0.325 e. The molecule has 2 N–H and O–H groups in total. The van der Waals surface area contributed by atoms with E-state index in [1.54, 1.807) is 24.3 Å². The van der Waals surface area contributed by atoms with E-state index in [1.165, 1.54) is 14.2 Å². The van der Waals surface area contributed by atoms with Crippen molar-refractivity contribution in [3.8, 4) is 11.5 Å². The summed E-state index contributed by atoms with van der Waals surface area (Å²) in [4.78, 5) is 22.2. The maximum atomic E-state index is 11.1. The van der Waals surface area contributed by atoms with E-state index in [2.05, 4.69) is 20.1 Å². The number of ether oxygens (including phenoxy) is 3. The van der Waals surface area contributed by atoms with Crippen molar-refractivity contribution in [2.24, 2.45) is 0 Å². The van der Waals surface area contributed by atoms with Crippen LogP contribution in [0.4, 0.5) is 11.4 Å². The minimum absolute atomic E-state index is 0.108. The zero-order chi connectivity index (χ0) is 18.1. The van der Waals surface area contributed by atoms with Crippen molar-refractivity contribution in [3.63, 3.8) is 0 Å². The fourth-order valence-electron chi connectivity index (χ4n) is 1.91. The monoisotopic (exact) mass is 344 g/mol. The summed E-state index contributed by atoms with van der Waals surface area (Å²) < 4.78 is 14.9. The van der Waals surface area contributed by atoms with Crippen LogP contribution >= 0.6 is 0 Å². The molecule has 0 heterocycles. The number of esters is 2. The second-order valence-corrected chi connectivity index (χ2v) is 5.01. The Morgan fingerprint density at radius 1 is 0.720 bits per heavy atom. The molecule has 0 saturated carbocycles. The third-order valence-corrected chi connectivity index (χ3v) is 3.27. The SMILES string of the molecule is COC(=O)CNc1ccc(Oc2ccc(NCC(=O)OC)cc2)cc1. The number of hydrogen-bond donors (Lipinski definition) is 2. The molecule has 0 bridgehead atoms. The van der Waals surface area contributed by atoms with Gasteiger partial charge in [0.25, 0.3) is 0 Å². The van der Waals surface area contributed by atoms with E-state index < -0.39 is 0 Å². The van der Waals surface area contributed by atoms with Crippen LogP contribution < -0.4 is 15.4 Å². The molecule has 0 unspecified atom stereocenters. The van der Waals surface area contributed by atoms with Gasteiger partial charge in [-0.1, -0.05) is 0 Å². The van der Waals surface area contributed by atoms with Crippen molar-refractivity contribution < 1.29 is 23.8 Å². The highest BCUT2D eigenvalue weighted by Gasteiger charge is 2.03. The van der Waals surface area contributed by atoms with E-state index in [9.17, 15) is 9.59 Å². The molecule has 2 aromatic rings. The fraction of sp³-hybridized carbons (Fsp3) is 0.222. The van der Waals surface area contributed by atoms with Gasteiger partial charge in [-0.2, -0.15) is 0 Å². The lowest BCUT2D eigenvalue weighted by Crippen LogP contribution is -2.14. The number of rotatable bonds is 8. The summed E-state index contributed by atoms with van der Waals surface area (Å²) in [6, 6.07) is 14.4. The van der Waals surface area contributed by atoms with Gasteiger partial charge in [-0.25, -0.2) is 0 Å². The van der Waals surface area contributed by atoms with Crippen LogP contribution in [-0.2, 0) is 19.1 Å². The van der Waals surface area contributed by atoms with E-state index in [0.717, 1.165) is 11.4 Å². The van der Waals surface area contributed by atoms with Gasteiger partial charge in [0.15, 0.2) is 0 Å². The van der Waals surface area contributed by atoms with Crippen LogP contribution in [0.3, 0.4) is 0 Å². The molecule has 0 aromatic heterocycles. The summed E-state index contributed by atoms with van der Waals surface area (Å²) in [6.07, 6.45) is 0. The van der Waals surface area contributed by atoms with Crippen molar-refractivity contribution in [1.29, 1.82) is 0 Å². The Bertz CT molecular complexity index is 637. The maximum absolute atomic E-state index is 11.1. The Balaban J connectivity index is 1.87. The summed E-state index contributed by atoms with van der Waals surface area (Å²) in [5, 5.41) is 5.89. The highest BCUT2D eigenvalue weighted by Crippen LogP contribution is 2.24. The third kappa shape index (κ3) is 6.06. The molecule has 132 valence electrons. The first kappa shape index (κ1) is 18.1. The number of hydrogen-bond acceptors (Lipinski definition) is 7. The topological polar surface area (TPSA) is 85.9 Å². The van der Waals surface area contributed by atoms with Crippen molar-refractivity contribution >= 4 is 23.3 Å². The van der Waals surface area contributed by atoms with Gasteiger partial charge >= 0.3 is 11.9 Å². The van der Waals surface area contributed by atoms with Crippen LogP contribution in [-0.4, -0.2) is 39.2 Å². The number of methoxy groups -OCH3 is 2. The zero-order valence-electron chi connectivity index (χ0n) is 14.1. The first-order valence-corrected chi connectivity index (χ1v) is 7.60. The third-order valence-electron chi connectivity index (χ3n) is 3.27. The number of carbonyl (C=O) groups excluding carboxylic acids is 2. The lowest BCUT2D eigenvalue weighted by Gasteiger charge is -2.09. The van der Waals surface area contributed by atoms with Crippen molar-refractivity contribution in [1.82, 2.24) is 0 Å². The van der Waals surface area contributed by atoms with E-state index in [4.69, 9.17) is 4.74 Å². The normalized spacial score (nSPS) is 9.84. The molecule has 0 radical (unpaired) electrons. The second kappa shape index (κ2) is 9.17. The molecule has 25 heavy (non-hydrogen) atoms. The van der Waals surface area contributed by atoms with Crippen molar-refractivity contribution in [3.05, 3.63) is 48.5 Å². The quantitative estimate of drug-likeness (QED) is 0.712. The Kier molecular flexibility index (Phi) is 6.65. The first-order chi connectivity index (χ1) is 12.1. The summed E-state index contributed by atoms with van der Waals surface area (Å²) in [7, 11) is 2.69. The summed E-state index contributed by atoms with van der Waals surface area (Å²) in [5.41, 5.74) is 1.58. The lowest BCUT2D eigenvalue weighted by molar-refractivity contribution is -0.139. The molecule has 0 aliphatic carbocycles. The van der Waals surface area contributed by atoms with Gasteiger partial charge in [-0.3, -0.25) is 9.59 Å². The molecule has 2 rings (SSSR count). The van der Waals surface area contributed by atoms with Crippen LogP contribution in [0.2, 0.25) is 0 Å². The molecular formula is C18H20N2O5. The molecule has 7 heteroatoms. The van der Waals surface area contributed by atoms with Crippen LogP contribution in [0, 0.1) is 0 Å². The molecule has 0 fully saturated rings. The lowest BCUT2D eigenvalue weighted by atomic mass is 10.3.